The summed E-state index contributed by atoms with van der Waals surface area (Å²) in [5.74, 6) is 0. The second kappa shape index (κ2) is 6.06. The molecule has 21 heavy (non-hydrogen) atoms. The van der Waals surface area contributed by atoms with E-state index in [-0.39, 0.29) is 16.7 Å². The molecule has 0 aromatic heterocycles. The summed E-state index contributed by atoms with van der Waals surface area (Å²) >= 11 is 0. The fourth-order valence-electron chi connectivity index (χ4n) is 2.24. The summed E-state index contributed by atoms with van der Waals surface area (Å²) in [4.78, 5) is 10.2. The molecular weight excluding hydrogens is 298 g/mol. The Hall–Kier alpha value is -1.55. The number of ether oxygens (including phenoxy) is 1. The molecule has 0 aliphatic carbocycles. The van der Waals surface area contributed by atoms with E-state index in [1.807, 2.05) is 0 Å². The van der Waals surface area contributed by atoms with Gasteiger partial charge in [0, 0.05) is 31.8 Å². The fourth-order valence-corrected chi connectivity index (χ4v) is 3.52. The molecule has 2 rings (SSSR count). The molecule has 116 valence electrons. The Labute approximate surface area is 122 Å². The van der Waals surface area contributed by atoms with Gasteiger partial charge in [0.2, 0.25) is 10.0 Å². The predicted molar refractivity (Wildman–Crippen MR) is 75.6 cm³/mol. The molecule has 0 saturated carbocycles. The zero-order valence-corrected chi connectivity index (χ0v) is 12.5. The summed E-state index contributed by atoms with van der Waals surface area (Å²) in [5, 5.41) is 13.9. The highest BCUT2D eigenvalue weighted by molar-refractivity contribution is 7.89. The van der Waals surface area contributed by atoms with E-state index >= 15 is 0 Å². The van der Waals surface area contributed by atoms with Gasteiger partial charge in [0.25, 0.3) is 5.69 Å². The smallest absolute Gasteiger partial charge is 0.273 e. The normalized spacial score (nSPS) is 22.4. The predicted octanol–water partition coefficient (Wildman–Crippen LogP) is 0.168. The highest BCUT2D eigenvalue weighted by atomic mass is 32.2. The third-order valence-electron chi connectivity index (χ3n) is 3.46. The van der Waals surface area contributed by atoms with Gasteiger partial charge in [-0.3, -0.25) is 10.1 Å². The van der Waals surface area contributed by atoms with Crippen molar-refractivity contribution in [2.75, 3.05) is 20.2 Å². The van der Waals surface area contributed by atoms with Crippen molar-refractivity contribution in [1.29, 1.82) is 0 Å². The maximum Gasteiger partial charge on any atom is 0.273 e. The van der Waals surface area contributed by atoms with Crippen LogP contribution in [-0.4, -0.2) is 45.7 Å². The zero-order valence-electron chi connectivity index (χ0n) is 11.7. The molecule has 1 saturated heterocycles. The quantitative estimate of drug-likeness (QED) is 0.592. The number of hydrogen-bond donors (Lipinski definition) is 2. The van der Waals surface area contributed by atoms with Gasteiger partial charge >= 0.3 is 0 Å². The minimum atomic E-state index is -3.83. The Morgan fingerprint density at radius 1 is 1.43 bits per heavy atom. The van der Waals surface area contributed by atoms with E-state index in [0.29, 0.717) is 18.7 Å². The minimum Gasteiger partial charge on any atom is -0.378 e. The Morgan fingerprint density at radius 2 is 2.14 bits per heavy atom. The van der Waals surface area contributed by atoms with E-state index in [2.05, 4.69) is 10.0 Å². The summed E-state index contributed by atoms with van der Waals surface area (Å²) in [7, 11) is -2.32. The van der Waals surface area contributed by atoms with Crippen LogP contribution in [0, 0.1) is 17.0 Å². The monoisotopic (exact) mass is 315 g/mol. The molecule has 2 N–H and O–H groups in total. The van der Waals surface area contributed by atoms with Crippen LogP contribution >= 0.6 is 0 Å². The molecule has 8 nitrogen and oxygen atoms in total. The van der Waals surface area contributed by atoms with E-state index in [0.717, 1.165) is 6.07 Å². The number of rotatable bonds is 5. The van der Waals surface area contributed by atoms with Crippen LogP contribution in [0.1, 0.15) is 5.56 Å². The van der Waals surface area contributed by atoms with Gasteiger partial charge in [-0.05, 0) is 13.0 Å². The van der Waals surface area contributed by atoms with Crippen LogP contribution in [0.25, 0.3) is 0 Å². The second-order valence-corrected chi connectivity index (χ2v) is 6.58. The van der Waals surface area contributed by atoms with Gasteiger partial charge in [0.15, 0.2) is 0 Å². The first-order valence-electron chi connectivity index (χ1n) is 6.36. The maximum absolute atomic E-state index is 12.3. The number of nitrogens with zero attached hydrogens (tertiary/aromatic N) is 1. The molecule has 0 bridgehead atoms. The molecule has 1 unspecified atom stereocenters. The van der Waals surface area contributed by atoms with Crippen molar-refractivity contribution in [3.63, 3.8) is 0 Å². The first kappa shape index (κ1) is 15.8. The average molecular weight is 315 g/mol. The summed E-state index contributed by atoms with van der Waals surface area (Å²) in [6.45, 7) is 2.56. The highest BCUT2D eigenvalue weighted by Crippen LogP contribution is 2.22. The number of aryl methyl sites for hydroxylation is 1. The lowest BCUT2D eigenvalue weighted by atomic mass is 10.2. The molecule has 1 heterocycles. The summed E-state index contributed by atoms with van der Waals surface area (Å²) in [5.41, 5.74) is 0.196. The summed E-state index contributed by atoms with van der Waals surface area (Å²) in [6.07, 6.45) is -0.264. The largest absolute Gasteiger partial charge is 0.378 e. The van der Waals surface area contributed by atoms with Gasteiger partial charge in [0.05, 0.1) is 22.0 Å². The van der Waals surface area contributed by atoms with Crippen LogP contribution in [0.15, 0.2) is 23.1 Å². The van der Waals surface area contributed by atoms with Gasteiger partial charge in [-0.1, -0.05) is 6.07 Å². The fraction of sp³-hybridized carbons (Fsp3) is 0.500. The first-order valence-corrected chi connectivity index (χ1v) is 7.84. The topological polar surface area (TPSA) is 111 Å². The molecule has 1 aliphatic rings. The van der Waals surface area contributed by atoms with Crippen molar-refractivity contribution in [1.82, 2.24) is 10.0 Å². The molecule has 0 spiro atoms. The standard InChI is InChI=1S/C12H17N3O5S/c1-8-3-4-9(5-11(8)15(16)17)21(18,19)14-10-6-13-7-12(10)20-2/h3-5,10,12-14H,6-7H2,1-2H3/t10?,12-/m0/s1. The lowest BCUT2D eigenvalue weighted by molar-refractivity contribution is -0.385. The van der Waals surface area contributed by atoms with Crippen molar-refractivity contribution in [3.05, 3.63) is 33.9 Å². The Kier molecular flexibility index (Phi) is 4.57. The average Bonchev–Trinajstić information content (AvgIpc) is 2.85. The second-order valence-electron chi connectivity index (χ2n) is 4.87. The lowest BCUT2D eigenvalue weighted by Gasteiger charge is -2.18. The van der Waals surface area contributed by atoms with Crippen molar-refractivity contribution in [2.45, 2.75) is 24.0 Å². The van der Waals surface area contributed by atoms with Crippen LogP contribution in [0.5, 0.6) is 0 Å². The molecule has 1 aromatic rings. The molecule has 1 aromatic carbocycles. The van der Waals surface area contributed by atoms with Crippen molar-refractivity contribution >= 4 is 15.7 Å². The third kappa shape index (κ3) is 3.38. The Morgan fingerprint density at radius 3 is 2.76 bits per heavy atom. The Balaban J connectivity index is 2.27. The van der Waals surface area contributed by atoms with Gasteiger partial charge in [-0.25, -0.2) is 13.1 Å². The number of nitrogens with one attached hydrogen (secondary N) is 2. The third-order valence-corrected chi connectivity index (χ3v) is 4.94. The number of nitro groups is 1. The Bertz CT molecular complexity index is 646. The van der Waals surface area contributed by atoms with Crippen molar-refractivity contribution in [3.8, 4) is 0 Å². The zero-order chi connectivity index (χ0) is 15.6. The van der Waals surface area contributed by atoms with E-state index in [9.17, 15) is 18.5 Å². The molecular formula is C12H17N3O5S. The molecule has 9 heteroatoms. The molecule has 0 amide bonds. The van der Waals surface area contributed by atoms with Crippen molar-refractivity contribution in [2.24, 2.45) is 0 Å². The summed E-state index contributed by atoms with van der Waals surface area (Å²) < 4.78 is 32.3. The minimum absolute atomic E-state index is 0.124. The highest BCUT2D eigenvalue weighted by Gasteiger charge is 2.31. The number of hydrogen-bond acceptors (Lipinski definition) is 6. The maximum atomic E-state index is 12.3. The number of sulfonamides is 1. The number of methoxy groups -OCH3 is 1. The number of nitro benzene ring substituents is 1. The molecule has 1 fully saturated rings. The van der Waals surface area contributed by atoms with Gasteiger partial charge in [-0.15, -0.1) is 0 Å². The molecule has 1 aliphatic heterocycles. The van der Waals surface area contributed by atoms with E-state index in [1.54, 1.807) is 6.92 Å². The van der Waals surface area contributed by atoms with E-state index in [4.69, 9.17) is 4.74 Å². The SMILES string of the molecule is CO[C@H]1CNCC1NS(=O)(=O)c1ccc(C)c([N+](=O)[O-])c1. The van der Waals surface area contributed by atoms with Crippen molar-refractivity contribution < 1.29 is 18.1 Å². The van der Waals surface area contributed by atoms with Crippen LogP contribution in [0.3, 0.4) is 0 Å². The van der Waals surface area contributed by atoms with E-state index < -0.39 is 21.0 Å². The van der Waals surface area contributed by atoms with Gasteiger partial charge in [0.1, 0.15) is 0 Å². The molecule has 0 radical (unpaired) electrons. The van der Waals surface area contributed by atoms with Crippen LogP contribution in [0.2, 0.25) is 0 Å². The van der Waals surface area contributed by atoms with Crippen LogP contribution < -0.4 is 10.0 Å². The summed E-state index contributed by atoms with van der Waals surface area (Å²) in [6, 6.07) is 3.45. The van der Waals surface area contributed by atoms with E-state index in [1.165, 1.54) is 19.2 Å². The van der Waals surface area contributed by atoms with Gasteiger partial charge in [-0.2, -0.15) is 0 Å². The van der Waals surface area contributed by atoms with Gasteiger partial charge < -0.3 is 10.1 Å². The first-order chi connectivity index (χ1) is 9.85. The lowest BCUT2D eigenvalue weighted by Crippen LogP contribution is -2.43. The van der Waals surface area contributed by atoms with Crippen LogP contribution in [-0.2, 0) is 14.8 Å². The molecule has 2 atom stereocenters. The van der Waals surface area contributed by atoms with Crippen LogP contribution in [0.4, 0.5) is 5.69 Å². The number of benzene rings is 1.